The SMILES string of the molecule is CCC(NC(C)c1nc(C)cs1)C(C)C. The summed E-state index contributed by atoms with van der Waals surface area (Å²) < 4.78 is 0. The van der Waals surface area contributed by atoms with Crippen molar-refractivity contribution >= 4 is 11.3 Å². The minimum absolute atomic E-state index is 0.371. The molecule has 2 atom stereocenters. The van der Waals surface area contributed by atoms with E-state index in [2.05, 4.69) is 43.4 Å². The average molecular weight is 226 g/mol. The maximum atomic E-state index is 4.51. The molecule has 1 rings (SSSR count). The third-order valence-corrected chi connectivity index (χ3v) is 3.86. The Morgan fingerprint density at radius 3 is 2.47 bits per heavy atom. The Kier molecular flexibility index (Phi) is 4.74. The van der Waals surface area contributed by atoms with Gasteiger partial charge in [-0.25, -0.2) is 4.98 Å². The minimum Gasteiger partial charge on any atom is -0.305 e. The zero-order valence-electron chi connectivity index (χ0n) is 10.4. The molecule has 1 heterocycles. The molecule has 0 spiro atoms. The Balaban J connectivity index is 2.58. The van der Waals surface area contributed by atoms with Crippen molar-refractivity contribution in [1.82, 2.24) is 10.3 Å². The van der Waals surface area contributed by atoms with Crippen LogP contribution in [0.1, 0.15) is 50.9 Å². The van der Waals surface area contributed by atoms with Crippen molar-refractivity contribution in [2.45, 2.75) is 53.1 Å². The summed E-state index contributed by atoms with van der Waals surface area (Å²) in [5, 5.41) is 6.96. The maximum Gasteiger partial charge on any atom is 0.110 e. The maximum absolute atomic E-state index is 4.51. The highest BCUT2D eigenvalue weighted by molar-refractivity contribution is 7.09. The molecule has 3 heteroatoms. The van der Waals surface area contributed by atoms with Gasteiger partial charge in [0.15, 0.2) is 0 Å². The number of nitrogens with one attached hydrogen (secondary N) is 1. The lowest BCUT2D eigenvalue weighted by Crippen LogP contribution is -2.35. The highest BCUT2D eigenvalue weighted by Gasteiger charge is 2.16. The third kappa shape index (κ3) is 3.58. The van der Waals surface area contributed by atoms with Crippen molar-refractivity contribution in [3.05, 3.63) is 16.1 Å². The molecule has 2 nitrogen and oxygen atoms in total. The monoisotopic (exact) mass is 226 g/mol. The predicted molar refractivity (Wildman–Crippen MR) is 67.3 cm³/mol. The largest absolute Gasteiger partial charge is 0.305 e. The van der Waals surface area contributed by atoms with Crippen molar-refractivity contribution in [3.8, 4) is 0 Å². The van der Waals surface area contributed by atoms with Gasteiger partial charge in [-0.1, -0.05) is 20.8 Å². The van der Waals surface area contributed by atoms with Gasteiger partial charge in [-0.3, -0.25) is 0 Å². The quantitative estimate of drug-likeness (QED) is 0.830. The van der Waals surface area contributed by atoms with Crippen molar-refractivity contribution in [2.75, 3.05) is 0 Å². The second-order valence-corrected chi connectivity index (χ2v) is 5.36. The third-order valence-electron chi connectivity index (χ3n) is 2.72. The van der Waals surface area contributed by atoms with Gasteiger partial charge in [0.1, 0.15) is 5.01 Å². The molecule has 86 valence electrons. The van der Waals surface area contributed by atoms with Crippen LogP contribution in [0.5, 0.6) is 0 Å². The molecule has 1 aromatic rings. The van der Waals surface area contributed by atoms with E-state index < -0.39 is 0 Å². The number of aryl methyl sites for hydroxylation is 1. The number of hydrogen-bond acceptors (Lipinski definition) is 3. The molecule has 1 aromatic heterocycles. The summed E-state index contributed by atoms with van der Waals surface area (Å²) >= 11 is 1.75. The highest BCUT2D eigenvalue weighted by atomic mass is 32.1. The molecule has 1 N–H and O–H groups in total. The fraction of sp³-hybridized carbons (Fsp3) is 0.750. The van der Waals surface area contributed by atoms with E-state index >= 15 is 0 Å². The van der Waals surface area contributed by atoms with E-state index in [0.29, 0.717) is 18.0 Å². The molecule has 0 fully saturated rings. The first-order chi connectivity index (χ1) is 7.04. The number of aromatic nitrogens is 1. The Bertz CT molecular complexity index is 294. The Labute approximate surface area is 97.1 Å². The van der Waals surface area contributed by atoms with Gasteiger partial charge in [-0.2, -0.15) is 0 Å². The lowest BCUT2D eigenvalue weighted by molar-refractivity contribution is 0.355. The van der Waals surface area contributed by atoms with Gasteiger partial charge in [0.25, 0.3) is 0 Å². The predicted octanol–water partition coefficient (Wildman–Crippen LogP) is 3.54. The Morgan fingerprint density at radius 2 is 2.07 bits per heavy atom. The first-order valence-corrected chi connectivity index (χ1v) is 6.60. The molecule has 15 heavy (non-hydrogen) atoms. The van der Waals surface area contributed by atoms with Gasteiger partial charge < -0.3 is 5.32 Å². The zero-order valence-corrected chi connectivity index (χ0v) is 11.2. The second kappa shape index (κ2) is 5.61. The van der Waals surface area contributed by atoms with Crippen LogP contribution in [0.15, 0.2) is 5.38 Å². The van der Waals surface area contributed by atoms with Crippen LogP contribution in [0.4, 0.5) is 0 Å². The van der Waals surface area contributed by atoms with Crippen molar-refractivity contribution in [2.24, 2.45) is 5.92 Å². The van der Waals surface area contributed by atoms with E-state index in [-0.39, 0.29) is 0 Å². The van der Waals surface area contributed by atoms with E-state index in [1.807, 2.05) is 6.92 Å². The van der Waals surface area contributed by atoms with Crippen LogP contribution in [-0.4, -0.2) is 11.0 Å². The summed E-state index contributed by atoms with van der Waals surface area (Å²) in [5.74, 6) is 0.679. The fourth-order valence-electron chi connectivity index (χ4n) is 1.75. The van der Waals surface area contributed by atoms with Crippen molar-refractivity contribution < 1.29 is 0 Å². The van der Waals surface area contributed by atoms with Crippen LogP contribution in [0.25, 0.3) is 0 Å². The van der Waals surface area contributed by atoms with E-state index in [9.17, 15) is 0 Å². The van der Waals surface area contributed by atoms with E-state index in [1.54, 1.807) is 11.3 Å². The van der Waals surface area contributed by atoms with Crippen LogP contribution in [0, 0.1) is 12.8 Å². The molecule has 0 saturated heterocycles. The highest BCUT2D eigenvalue weighted by Crippen LogP contribution is 2.19. The van der Waals surface area contributed by atoms with Gasteiger partial charge in [0.2, 0.25) is 0 Å². The molecule has 0 radical (unpaired) electrons. The molecule has 0 aliphatic rings. The number of thiazole rings is 1. The molecular weight excluding hydrogens is 204 g/mol. The van der Waals surface area contributed by atoms with Crippen LogP contribution in [0.3, 0.4) is 0 Å². The summed E-state index contributed by atoms with van der Waals surface area (Å²) in [6.07, 6.45) is 1.17. The lowest BCUT2D eigenvalue weighted by atomic mass is 10.0. The van der Waals surface area contributed by atoms with Crippen LogP contribution in [0.2, 0.25) is 0 Å². The molecular formula is C12H22N2S. The standard InChI is InChI=1S/C12H22N2S/c1-6-11(8(2)3)14-10(5)12-13-9(4)7-15-12/h7-8,10-11,14H,6H2,1-5H3. The number of rotatable bonds is 5. The summed E-state index contributed by atoms with van der Waals surface area (Å²) in [6.45, 7) is 11.0. The summed E-state index contributed by atoms with van der Waals surface area (Å²) in [6, 6.07) is 0.959. The van der Waals surface area contributed by atoms with Crippen molar-refractivity contribution in [1.29, 1.82) is 0 Å². The Morgan fingerprint density at radius 1 is 1.40 bits per heavy atom. The molecule has 0 saturated carbocycles. The zero-order chi connectivity index (χ0) is 11.4. The molecule has 0 aliphatic carbocycles. The topological polar surface area (TPSA) is 24.9 Å². The van der Waals surface area contributed by atoms with Gasteiger partial charge >= 0.3 is 0 Å². The number of hydrogen-bond donors (Lipinski definition) is 1. The molecule has 0 aromatic carbocycles. The second-order valence-electron chi connectivity index (χ2n) is 4.47. The van der Waals surface area contributed by atoms with E-state index in [0.717, 1.165) is 5.69 Å². The molecule has 0 amide bonds. The smallest absolute Gasteiger partial charge is 0.110 e. The number of nitrogens with zero attached hydrogens (tertiary/aromatic N) is 1. The van der Waals surface area contributed by atoms with Gasteiger partial charge in [-0.15, -0.1) is 11.3 Å². The van der Waals surface area contributed by atoms with Crippen LogP contribution < -0.4 is 5.32 Å². The summed E-state index contributed by atoms with van der Waals surface area (Å²) in [7, 11) is 0. The molecule has 2 unspecified atom stereocenters. The van der Waals surface area contributed by atoms with Crippen molar-refractivity contribution in [3.63, 3.8) is 0 Å². The summed E-state index contributed by atoms with van der Waals surface area (Å²) in [4.78, 5) is 4.51. The summed E-state index contributed by atoms with van der Waals surface area (Å²) in [5.41, 5.74) is 1.13. The van der Waals surface area contributed by atoms with Crippen LogP contribution >= 0.6 is 11.3 Å². The average Bonchev–Trinajstić information content (AvgIpc) is 2.60. The molecule has 0 aliphatic heterocycles. The first-order valence-electron chi connectivity index (χ1n) is 5.72. The Hall–Kier alpha value is -0.410. The van der Waals surface area contributed by atoms with Gasteiger partial charge in [-0.05, 0) is 26.2 Å². The fourth-order valence-corrected chi connectivity index (χ4v) is 2.56. The van der Waals surface area contributed by atoms with Gasteiger partial charge in [0.05, 0.1) is 6.04 Å². The lowest BCUT2D eigenvalue weighted by Gasteiger charge is -2.24. The minimum atomic E-state index is 0.371. The van der Waals surface area contributed by atoms with Crippen LogP contribution in [-0.2, 0) is 0 Å². The first kappa shape index (κ1) is 12.7. The molecule has 0 bridgehead atoms. The van der Waals surface area contributed by atoms with Gasteiger partial charge in [0, 0.05) is 17.1 Å². The van der Waals surface area contributed by atoms with E-state index in [1.165, 1.54) is 11.4 Å². The normalized spacial score (nSPS) is 15.6. The van der Waals surface area contributed by atoms with E-state index in [4.69, 9.17) is 0 Å².